The minimum atomic E-state index is -4.55. The second-order valence-electron chi connectivity index (χ2n) is 3.21. The van der Waals surface area contributed by atoms with E-state index < -0.39 is 17.6 Å². The van der Waals surface area contributed by atoms with Gasteiger partial charge in [-0.1, -0.05) is 18.2 Å². The summed E-state index contributed by atoms with van der Waals surface area (Å²) in [6.45, 7) is 0.360. The highest BCUT2D eigenvalue weighted by Crippen LogP contribution is 2.33. The molecule has 0 bridgehead atoms. The van der Waals surface area contributed by atoms with Crippen molar-refractivity contribution in [3.05, 3.63) is 41.2 Å². The molecule has 0 unspecified atom stereocenters. The molecule has 16 heavy (non-hydrogen) atoms. The summed E-state index contributed by atoms with van der Waals surface area (Å²) in [7, 11) is 0. The summed E-state index contributed by atoms with van der Waals surface area (Å²) in [6.07, 6.45) is -1.24. The van der Waals surface area contributed by atoms with Gasteiger partial charge in [0, 0.05) is 0 Å². The maximum atomic E-state index is 12.7. The maximum absolute atomic E-state index is 12.7. The summed E-state index contributed by atoms with van der Waals surface area (Å²) >= 11 is 0. The summed E-state index contributed by atoms with van der Waals surface area (Å²) in [6, 6.07) is 2.59. The van der Waals surface area contributed by atoms with Gasteiger partial charge in [0.05, 0.1) is 5.56 Å². The van der Waals surface area contributed by atoms with Crippen molar-refractivity contribution in [1.82, 2.24) is 0 Å². The third kappa shape index (κ3) is 3.34. The monoisotopic (exact) mass is 233 g/mol. The number of rotatable bonds is 3. The molecule has 0 fully saturated rings. The van der Waals surface area contributed by atoms with Crippen molar-refractivity contribution in [2.45, 2.75) is 12.6 Å². The Hall–Kier alpha value is -1.36. The van der Waals surface area contributed by atoms with Crippen molar-refractivity contribution in [1.29, 1.82) is 0 Å². The molecule has 0 saturated heterocycles. The highest BCUT2D eigenvalue weighted by Gasteiger charge is 2.33. The van der Waals surface area contributed by atoms with Gasteiger partial charge in [0.15, 0.2) is 0 Å². The number of halogens is 4. The first-order chi connectivity index (χ1) is 7.45. The molecule has 1 rings (SSSR count). The molecule has 0 aliphatic heterocycles. The van der Waals surface area contributed by atoms with Crippen LogP contribution in [0.1, 0.15) is 17.5 Å². The van der Waals surface area contributed by atoms with Gasteiger partial charge >= 0.3 is 6.18 Å². The molecule has 0 aliphatic carbocycles. The van der Waals surface area contributed by atoms with Crippen LogP contribution < -0.4 is 5.73 Å². The molecule has 0 heterocycles. The highest BCUT2D eigenvalue weighted by molar-refractivity contribution is 5.54. The lowest BCUT2D eigenvalue weighted by molar-refractivity contribution is -0.137. The van der Waals surface area contributed by atoms with Gasteiger partial charge in [0.25, 0.3) is 0 Å². The summed E-state index contributed by atoms with van der Waals surface area (Å²) in [4.78, 5) is 0. The zero-order valence-corrected chi connectivity index (χ0v) is 8.39. The van der Waals surface area contributed by atoms with E-state index in [1.807, 2.05) is 0 Å². The Morgan fingerprint density at radius 2 is 1.94 bits per heavy atom. The number of hydrogen-bond acceptors (Lipinski definition) is 1. The third-order valence-corrected chi connectivity index (χ3v) is 1.95. The maximum Gasteiger partial charge on any atom is 0.417 e. The lowest BCUT2D eigenvalue weighted by Crippen LogP contribution is -2.07. The number of hydrogen-bond donors (Lipinski definition) is 1. The first kappa shape index (κ1) is 12.7. The fraction of sp³-hybridized carbons (Fsp3) is 0.273. The van der Waals surface area contributed by atoms with E-state index in [-0.39, 0.29) is 5.56 Å². The predicted octanol–water partition coefficient (Wildman–Crippen LogP) is 3.21. The molecule has 88 valence electrons. The van der Waals surface area contributed by atoms with Crippen LogP contribution in [0.4, 0.5) is 17.6 Å². The Morgan fingerprint density at radius 1 is 1.25 bits per heavy atom. The average molecular weight is 233 g/mol. The molecule has 0 radical (unpaired) electrons. The molecule has 1 aromatic carbocycles. The minimum Gasteiger partial charge on any atom is -0.330 e. The fourth-order valence-corrected chi connectivity index (χ4v) is 1.23. The van der Waals surface area contributed by atoms with Crippen molar-refractivity contribution in [3.8, 4) is 0 Å². The van der Waals surface area contributed by atoms with Gasteiger partial charge in [0.1, 0.15) is 5.82 Å². The van der Waals surface area contributed by atoms with E-state index in [0.29, 0.717) is 19.0 Å². The number of benzene rings is 1. The van der Waals surface area contributed by atoms with Crippen molar-refractivity contribution in [2.75, 3.05) is 6.54 Å². The van der Waals surface area contributed by atoms with Crippen molar-refractivity contribution in [2.24, 2.45) is 5.73 Å². The standard InChI is InChI=1S/C11H11F4N/c12-9-5-4-8(3-1-2-6-16)10(7-9)11(13,14)15/h1,3-5,7H,2,6,16H2. The predicted molar refractivity (Wildman–Crippen MR) is 54.1 cm³/mol. The molecule has 1 nitrogen and oxygen atoms in total. The molecule has 5 heteroatoms. The van der Waals surface area contributed by atoms with Gasteiger partial charge in [-0.15, -0.1) is 0 Å². The largest absolute Gasteiger partial charge is 0.417 e. The quantitative estimate of drug-likeness (QED) is 0.797. The zero-order valence-electron chi connectivity index (χ0n) is 8.39. The second-order valence-corrected chi connectivity index (χ2v) is 3.21. The number of nitrogens with two attached hydrogens (primary N) is 1. The van der Waals surface area contributed by atoms with Crippen LogP contribution in [0.2, 0.25) is 0 Å². The van der Waals surface area contributed by atoms with Crippen molar-refractivity contribution in [3.63, 3.8) is 0 Å². The zero-order chi connectivity index (χ0) is 12.2. The van der Waals surface area contributed by atoms with Crippen LogP contribution in [-0.2, 0) is 6.18 Å². The van der Waals surface area contributed by atoms with E-state index in [1.165, 1.54) is 12.2 Å². The van der Waals surface area contributed by atoms with E-state index in [1.54, 1.807) is 0 Å². The first-order valence-electron chi connectivity index (χ1n) is 4.68. The van der Waals surface area contributed by atoms with Crippen LogP contribution in [0.15, 0.2) is 24.3 Å². The highest BCUT2D eigenvalue weighted by atomic mass is 19.4. The van der Waals surface area contributed by atoms with Gasteiger partial charge in [-0.3, -0.25) is 0 Å². The number of alkyl halides is 3. The molecule has 0 aromatic heterocycles. The Balaban J connectivity index is 3.08. The summed E-state index contributed by atoms with van der Waals surface area (Å²) in [5, 5.41) is 0. The molecular weight excluding hydrogens is 222 g/mol. The van der Waals surface area contributed by atoms with Crippen LogP contribution >= 0.6 is 0 Å². The van der Waals surface area contributed by atoms with Crippen molar-refractivity contribution < 1.29 is 17.6 Å². The smallest absolute Gasteiger partial charge is 0.330 e. The van der Waals surface area contributed by atoms with Gasteiger partial charge in [0.2, 0.25) is 0 Å². The topological polar surface area (TPSA) is 26.0 Å². The minimum absolute atomic E-state index is 0.0534. The van der Waals surface area contributed by atoms with Crippen LogP contribution in [0, 0.1) is 5.82 Å². The van der Waals surface area contributed by atoms with Crippen LogP contribution in [0.25, 0.3) is 6.08 Å². The Labute approximate surface area is 90.6 Å². The fourth-order valence-electron chi connectivity index (χ4n) is 1.23. The van der Waals surface area contributed by atoms with Gasteiger partial charge in [-0.2, -0.15) is 13.2 Å². The molecule has 2 N–H and O–H groups in total. The van der Waals surface area contributed by atoms with Crippen molar-refractivity contribution >= 4 is 6.08 Å². The lowest BCUT2D eigenvalue weighted by atomic mass is 10.1. The Morgan fingerprint density at radius 3 is 2.50 bits per heavy atom. The molecular formula is C11H11F4N. The molecule has 0 spiro atoms. The summed E-state index contributed by atoms with van der Waals surface area (Å²) in [5.41, 5.74) is 4.18. The molecule has 0 amide bonds. The van der Waals surface area contributed by atoms with E-state index in [4.69, 9.17) is 5.73 Å². The van der Waals surface area contributed by atoms with Crippen LogP contribution in [0.5, 0.6) is 0 Å². The van der Waals surface area contributed by atoms with E-state index in [2.05, 4.69) is 0 Å². The lowest BCUT2D eigenvalue weighted by Gasteiger charge is -2.10. The molecule has 1 aromatic rings. The molecule has 0 atom stereocenters. The van der Waals surface area contributed by atoms with Gasteiger partial charge in [-0.25, -0.2) is 4.39 Å². The van der Waals surface area contributed by atoms with Crippen LogP contribution in [-0.4, -0.2) is 6.54 Å². The van der Waals surface area contributed by atoms with Gasteiger partial charge in [-0.05, 0) is 30.7 Å². The molecule has 0 aliphatic rings. The average Bonchev–Trinajstić information content (AvgIpc) is 2.19. The summed E-state index contributed by atoms with van der Waals surface area (Å²) < 4.78 is 50.3. The summed E-state index contributed by atoms with van der Waals surface area (Å²) in [5.74, 6) is -0.900. The molecule has 0 saturated carbocycles. The Kier molecular flexibility index (Phi) is 4.06. The normalized spacial score (nSPS) is 12.3. The Bertz CT molecular complexity index is 382. The van der Waals surface area contributed by atoms with E-state index in [0.717, 1.165) is 12.1 Å². The third-order valence-electron chi connectivity index (χ3n) is 1.95. The second kappa shape index (κ2) is 5.12. The van der Waals surface area contributed by atoms with E-state index in [9.17, 15) is 17.6 Å². The van der Waals surface area contributed by atoms with E-state index >= 15 is 0 Å². The van der Waals surface area contributed by atoms with Gasteiger partial charge < -0.3 is 5.73 Å². The van der Waals surface area contributed by atoms with Crippen LogP contribution in [0.3, 0.4) is 0 Å². The first-order valence-corrected chi connectivity index (χ1v) is 4.68. The SMILES string of the molecule is NCCC=Cc1ccc(F)cc1C(F)(F)F.